The van der Waals surface area contributed by atoms with Crippen molar-refractivity contribution in [2.24, 2.45) is 0 Å². The quantitative estimate of drug-likeness (QED) is 0.912. The molecule has 1 fully saturated rings. The molecular formula is C16H23ClN2. The van der Waals surface area contributed by atoms with Gasteiger partial charge in [0.25, 0.3) is 0 Å². The molecular weight excluding hydrogens is 256 g/mol. The summed E-state index contributed by atoms with van der Waals surface area (Å²) in [7, 11) is 0. The largest absolute Gasteiger partial charge is 0.315 e. The highest BCUT2D eigenvalue weighted by atomic mass is 35.5. The molecule has 1 N–H and O–H groups in total. The van der Waals surface area contributed by atoms with Gasteiger partial charge >= 0.3 is 0 Å². The lowest BCUT2D eigenvalue weighted by molar-refractivity contribution is 0.119. The van der Waals surface area contributed by atoms with E-state index < -0.39 is 0 Å². The second-order valence-corrected chi connectivity index (χ2v) is 6.16. The van der Waals surface area contributed by atoms with Crippen LogP contribution < -0.4 is 5.32 Å². The first-order valence-corrected chi connectivity index (χ1v) is 7.92. The van der Waals surface area contributed by atoms with E-state index in [2.05, 4.69) is 29.3 Å². The van der Waals surface area contributed by atoms with Crippen LogP contribution in [0.5, 0.6) is 0 Å². The van der Waals surface area contributed by atoms with Crippen LogP contribution in [0.25, 0.3) is 0 Å². The Kier molecular flexibility index (Phi) is 4.11. The van der Waals surface area contributed by atoms with E-state index in [0.717, 1.165) is 18.1 Å². The minimum Gasteiger partial charge on any atom is -0.315 e. The van der Waals surface area contributed by atoms with Gasteiger partial charge in [0, 0.05) is 23.7 Å². The van der Waals surface area contributed by atoms with Crippen LogP contribution in [0.1, 0.15) is 43.4 Å². The molecule has 1 heterocycles. The highest BCUT2D eigenvalue weighted by Gasteiger charge is 2.31. The van der Waals surface area contributed by atoms with E-state index in [0.29, 0.717) is 12.1 Å². The average molecular weight is 279 g/mol. The molecule has 0 radical (unpaired) electrons. The zero-order valence-corrected chi connectivity index (χ0v) is 12.4. The van der Waals surface area contributed by atoms with Crippen molar-refractivity contribution in [1.82, 2.24) is 10.2 Å². The molecule has 104 valence electrons. The number of nitrogens with zero attached hydrogens (tertiary/aromatic N) is 1. The molecule has 3 rings (SSSR count). The van der Waals surface area contributed by atoms with Crippen molar-refractivity contribution in [3.05, 3.63) is 34.3 Å². The van der Waals surface area contributed by atoms with Crippen LogP contribution in [0.15, 0.2) is 18.2 Å². The molecule has 1 aliphatic heterocycles. The summed E-state index contributed by atoms with van der Waals surface area (Å²) in [5, 5.41) is 4.42. The Hall–Kier alpha value is -0.570. The van der Waals surface area contributed by atoms with E-state index in [1.54, 1.807) is 0 Å². The average Bonchev–Trinajstić information content (AvgIpc) is 2.84. The minimum atomic E-state index is 0.599. The third-order valence-electron chi connectivity index (χ3n) is 4.66. The molecule has 2 aliphatic rings. The van der Waals surface area contributed by atoms with Crippen LogP contribution in [0.4, 0.5) is 0 Å². The van der Waals surface area contributed by atoms with E-state index in [-0.39, 0.29) is 0 Å². The molecule has 0 aromatic heterocycles. The zero-order chi connectivity index (χ0) is 13.2. The van der Waals surface area contributed by atoms with E-state index in [1.807, 2.05) is 6.07 Å². The van der Waals surface area contributed by atoms with Crippen LogP contribution in [0.2, 0.25) is 5.02 Å². The maximum atomic E-state index is 6.11. The molecule has 19 heavy (non-hydrogen) atoms. The second-order valence-electron chi connectivity index (χ2n) is 5.73. The van der Waals surface area contributed by atoms with Crippen molar-refractivity contribution in [1.29, 1.82) is 0 Å². The van der Waals surface area contributed by atoms with E-state index in [9.17, 15) is 0 Å². The monoisotopic (exact) mass is 278 g/mol. The molecule has 0 spiro atoms. The molecule has 2 nitrogen and oxygen atoms in total. The molecule has 2 unspecified atom stereocenters. The number of fused-ring (bicyclic) bond motifs is 1. The van der Waals surface area contributed by atoms with Gasteiger partial charge in [0.1, 0.15) is 0 Å². The normalized spacial score (nSPS) is 26.7. The Labute approximate surface area is 121 Å². The van der Waals surface area contributed by atoms with Gasteiger partial charge in [0.15, 0.2) is 0 Å². The fourth-order valence-electron chi connectivity index (χ4n) is 3.76. The molecule has 1 aliphatic carbocycles. The Balaban J connectivity index is 1.82. The van der Waals surface area contributed by atoms with Gasteiger partial charge in [0.2, 0.25) is 0 Å². The highest BCUT2D eigenvalue weighted by molar-refractivity contribution is 6.30. The fourth-order valence-corrected chi connectivity index (χ4v) is 3.95. The lowest BCUT2D eigenvalue weighted by Gasteiger charge is -2.38. The Bertz CT molecular complexity index is 440. The van der Waals surface area contributed by atoms with Gasteiger partial charge in [-0.1, -0.05) is 24.6 Å². The summed E-state index contributed by atoms with van der Waals surface area (Å²) in [5.74, 6) is 0. The van der Waals surface area contributed by atoms with Crippen molar-refractivity contribution < 1.29 is 0 Å². The Morgan fingerprint density at radius 3 is 3.00 bits per heavy atom. The third kappa shape index (κ3) is 2.67. The number of aryl methyl sites for hydroxylation is 1. The number of hydrogen-bond acceptors (Lipinski definition) is 2. The van der Waals surface area contributed by atoms with Crippen LogP contribution in [-0.4, -0.2) is 30.6 Å². The van der Waals surface area contributed by atoms with Crippen molar-refractivity contribution in [2.45, 2.75) is 44.7 Å². The first-order chi connectivity index (χ1) is 9.29. The Morgan fingerprint density at radius 1 is 1.37 bits per heavy atom. The molecule has 1 aromatic rings. The maximum absolute atomic E-state index is 6.11. The van der Waals surface area contributed by atoms with Gasteiger partial charge in [-0.2, -0.15) is 0 Å². The number of piperidine rings is 1. The zero-order valence-electron chi connectivity index (χ0n) is 11.7. The number of nitrogens with one attached hydrogen (secondary N) is 1. The molecule has 2 atom stereocenters. The minimum absolute atomic E-state index is 0.599. The summed E-state index contributed by atoms with van der Waals surface area (Å²) < 4.78 is 0. The van der Waals surface area contributed by atoms with Gasteiger partial charge in [-0.15, -0.1) is 0 Å². The van der Waals surface area contributed by atoms with Gasteiger partial charge in [0.05, 0.1) is 0 Å². The summed E-state index contributed by atoms with van der Waals surface area (Å²) in [6.07, 6.45) is 5.07. The maximum Gasteiger partial charge on any atom is 0.0408 e. The van der Waals surface area contributed by atoms with Gasteiger partial charge in [-0.05, 0) is 62.0 Å². The predicted octanol–water partition coefficient (Wildman–Crippen LogP) is 3.40. The van der Waals surface area contributed by atoms with Crippen molar-refractivity contribution in [2.75, 3.05) is 19.6 Å². The molecule has 3 heteroatoms. The predicted molar refractivity (Wildman–Crippen MR) is 80.8 cm³/mol. The van der Waals surface area contributed by atoms with Crippen molar-refractivity contribution in [3.8, 4) is 0 Å². The smallest absolute Gasteiger partial charge is 0.0408 e. The molecule has 1 aromatic carbocycles. The SMILES string of the molecule is CCN(C1CCCNC1)C1CCc2cc(Cl)ccc21. The summed E-state index contributed by atoms with van der Waals surface area (Å²) in [5.41, 5.74) is 2.97. The van der Waals surface area contributed by atoms with Crippen LogP contribution in [0, 0.1) is 0 Å². The number of benzene rings is 1. The summed E-state index contributed by atoms with van der Waals surface area (Å²) >= 11 is 6.11. The molecule has 1 saturated heterocycles. The van der Waals surface area contributed by atoms with Crippen molar-refractivity contribution in [3.63, 3.8) is 0 Å². The van der Waals surface area contributed by atoms with E-state index >= 15 is 0 Å². The van der Waals surface area contributed by atoms with Crippen LogP contribution in [-0.2, 0) is 6.42 Å². The van der Waals surface area contributed by atoms with Crippen molar-refractivity contribution >= 4 is 11.6 Å². The molecule has 0 bridgehead atoms. The first-order valence-electron chi connectivity index (χ1n) is 7.54. The lowest BCUT2D eigenvalue weighted by atomic mass is 10.0. The lowest BCUT2D eigenvalue weighted by Crippen LogP contribution is -2.47. The third-order valence-corrected chi connectivity index (χ3v) is 4.89. The first kappa shape index (κ1) is 13.4. The standard InChI is InChI=1S/C16H23ClN2/c1-2-19(14-4-3-9-18-11-14)16-8-5-12-10-13(17)6-7-15(12)16/h6-7,10,14,16,18H,2-5,8-9,11H2,1H3. The van der Waals surface area contributed by atoms with Gasteiger partial charge in [-0.3, -0.25) is 4.90 Å². The number of likely N-dealkylation sites (N-methyl/N-ethyl adjacent to an activating group) is 1. The fraction of sp³-hybridized carbons (Fsp3) is 0.625. The van der Waals surface area contributed by atoms with Crippen LogP contribution in [0.3, 0.4) is 0 Å². The molecule has 0 saturated carbocycles. The van der Waals surface area contributed by atoms with Gasteiger partial charge in [-0.25, -0.2) is 0 Å². The highest BCUT2D eigenvalue weighted by Crippen LogP contribution is 2.38. The second kappa shape index (κ2) is 5.82. The van der Waals surface area contributed by atoms with E-state index in [1.165, 1.54) is 43.4 Å². The summed E-state index contributed by atoms with van der Waals surface area (Å²) in [6, 6.07) is 7.75. The number of halogens is 1. The van der Waals surface area contributed by atoms with E-state index in [4.69, 9.17) is 11.6 Å². The topological polar surface area (TPSA) is 15.3 Å². The van der Waals surface area contributed by atoms with Gasteiger partial charge < -0.3 is 5.32 Å². The summed E-state index contributed by atoms with van der Waals surface area (Å²) in [4.78, 5) is 2.70. The summed E-state index contributed by atoms with van der Waals surface area (Å²) in [6.45, 7) is 5.76. The number of hydrogen-bond donors (Lipinski definition) is 1. The Morgan fingerprint density at radius 2 is 2.26 bits per heavy atom. The van der Waals surface area contributed by atoms with Crippen LogP contribution >= 0.6 is 11.6 Å². The number of rotatable bonds is 3. The molecule has 0 amide bonds.